The first-order valence-corrected chi connectivity index (χ1v) is 8.36. The van der Waals surface area contributed by atoms with Gasteiger partial charge < -0.3 is 14.3 Å². The maximum Gasteiger partial charge on any atom is 0.336 e. The number of fused-ring (bicyclic) bond motifs is 1. The molecule has 0 radical (unpaired) electrons. The van der Waals surface area contributed by atoms with Crippen LogP contribution in [0.4, 0.5) is 5.69 Å². The molecule has 0 aliphatic rings. The van der Waals surface area contributed by atoms with Crippen molar-refractivity contribution in [1.29, 1.82) is 0 Å². The molecule has 0 aliphatic heterocycles. The Morgan fingerprint density at radius 2 is 1.85 bits per heavy atom. The highest BCUT2D eigenvalue weighted by Gasteiger charge is 2.10. The summed E-state index contributed by atoms with van der Waals surface area (Å²) in [5.41, 5.74) is 3.05. The fourth-order valence-corrected chi connectivity index (χ4v) is 2.94. The van der Waals surface area contributed by atoms with E-state index in [0.29, 0.717) is 17.8 Å². The van der Waals surface area contributed by atoms with Crippen molar-refractivity contribution in [2.24, 2.45) is 0 Å². The molecule has 0 aliphatic carbocycles. The quantitative estimate of drug-likeness (QED) is 0.732. The highest BCUT2D eigenvalue weighted by Crippen LogP contribution is 2.25. The van der Waals surface area contributed by atoms with E-state index in [1.807, 2.05) is 26.8 Å². The molecule has 0 saturated carbocycles. The molecule has 0 unspecified atom stereocenters. The predicted molar refractivity (Wildman–Crippen MR) is 101 cm³/mol. The molecular weight excluding hydrogens is 332 g/mol. The molecule has 2 heterocycles. The van der Waals surface area contributed by atoms with Gasteiger partial charge in [0.1, 0.15) is 5.58 Å². The van der Waals surface area contributed by atoms with Crippen LogP contribution in [0, 0.1) is 20.8 Å². The van der Waals surface area contributed by atoms with Gasteiger partial charge in [0.25, 0.3) is 5.56 Å². The highest BCUT2D eigenvalue weighted by atomic mass is 16.4. The number of nitrogens with one attached hydrogen (secondary N) is 1. The van der Waals surface area contributed by atoms with Crippen molar-refractivity contribution in [3.8, 4) is 0 Å². The minimum absolute atomic E-state index is 0.120. The maximum atomic E-state index is 12.3. The molecule has 1 amide bonds. The number of hydrogen-bond donors (Lipinski definition) is 1. The molecule has 0 spiro atoms. The van der Waals surface area contributed by atoms with E-state index in [0.717, 1.165) is 22.2 Å². The van der Waals surface area contributed by atoms with Crippen LogP contribution in [0.25, 0.3) is 11.0 Å². The van der Waals surface area contributed by atoms with Gasteiger partial charge in [-0.1, -0.05) is 6.07 Å². The average molecular weight is 352 g/mol. The van der Waals surface area contributed by atoms with Crippen molar-refractivity contribution in [1.82, 2.24) is 4.57 Å². The van der Waals surface area contributed by atoms with E-state index in [-0.39, 0.29) is 17.9 Å². The Labute approximate surface area is 150 Å². The molecule has 6 heteroatoms. The number of hydrogen-bond acceptors (Lipinski definition) is 4. The molecule has 1 aromatic carbocycles. The van der Waals surface area contributed by atoms with Crippen LogP contribution in [0.3, 0.4) is 0 Å². The molecule has 2 aromatic heterocycles. The number of aryl methyl sites for hydroxylation is 3. The number of benzene rings is 1. The first kappa shape index (κ1) is 17.7. The topological polar surface area (TPSA) is 81.3 Å². The standard InChI is InChI=1S/C20H20N2O4/c1-12-10-20(25)26-17-9-13(2)16(11-15(12)17)21-18(23)7-8-22-14(3)5-4-6-19(22)24/h4-6,9-11H,7-8H2,1-3H3,(H,21,23). The Hall–Kier alpha value is -3.15. The van der Waals surface area contributed by atoms with Crippen LogP contribution >= 0.6 is 0 Å². The normalized spacial score (nSPS) is 10.9. The lowest BCUT2D eigenvalue weighted by atomic mass is 10.1. The number of carbonyl (C=O) groups excluding carboxylic acids is 1. The highest BCUT2D eigenvalue weighted by molar-refractivity contribution is 5.95. The minimum atomic E-state index is -0.394. The Balaban J connectivity index is 1.80. The second-order valence-corrected chi connectivity index (χ2v) is 6.37. The van der Waals surface area contributed by atoms with Gasteiger partial charge in [0.05, 0.1) is 0 Å². The molecule has 0 atom stereocenters. The van der Waals surface area contributed by atoms with Gasteiger partial charge in [0, 0.05) is 41.9 Å². The summed E-state index contributed by atoms with van der Waals surface area (Å²) in [6.07, 6.45) is 0.186. The van der Waals surface area contributed by atoms with Crippen LogP contribution in [0.1, 0.15) is 23.2 Å². The third-order valence-electron chi connectivity index (χ3n) is 4.40. The zero-order chi connectivity index (χ0) is 18.8. The first-order valence-electron chi connectivity index (χ1n) is 8.36. The third kappa shape index (κ3) is 3.59. The second kappa shape index (κ2) is 7.00. The van der Waals surface area contributed by atoms with Gasteiger partial charge in [-0.05, 0) is 50.1 Å². The molecule has 134 valence electrons. The third-order valence-corrected chi connectivity index (χ3v) is 4.40. The smallest absolute Gasteiger partial charge is 0.336 e. The Kier molecular flexibility index (Phi) is 4.75. The molecule has 26 heavy (non-hydrogen) atoms. The van der Waals surface area contributed by atoms with Crippen LogP contribution in [0.2, 0.25) is 0 Å². The molecule has 3 rings (SSSR count). The number of aromatic nitrogens is 1. The van der Waals surface area contributed by atoms with Crippen molar-refractivity contribution in [2.75, 3.05) is 5.32 Å². The van der Waals surface area contributed by atoms with E-state index in [4.69, 9.17) is 4.42 Å². The van der Waals surface area contributed by atoms with Crippen LogP contribution in [-0.2, 0) is 11.3 Å². The van der Waals surface area contributed by atoms with Gasteiger partial charge in [-0.15, -0.1) is 0 Å². The molecule has 0 bridgehead atoms. The summed E-state index contributed by atoms with van der Waals surface area (Å²) in [5.74, 6) is -0.183. The second-order valence-electron chi connectivity index (χ2n) is 6.37. The van der Waals surface area contributed by atoms with Crippen molar-refractivity contribution < 1.29 is 9.21 Å². The number of pyridine rings is 1. The minimum Gasteiger partial charge on any atom is -0.423 e. The summed E-state index contributed by atoms with van der Waals surface area (Å²) < 4.78 is 6.78. The Morgan fingerprint density at radius 3 is 2.58 bits per heavy atom. The van der Waals surface area contributed by atoms with Crippen molar-refractivity contribution >= 4 is 22.6 Å². The molecule has 6 nitrogen and oxygen atoms in total. The summed E-state index contributed by atoms with van der Waals surface area (Å²) in [6.45, 7) is 5.81. The average Bonchev–Trinajstić information content (AvgIpc) is 2.55. The summed E-state index contributed by atoms with van der Waals surface area (Å²) in [6, 6.07) is 9.99. The van der Waals surface area contributed by atoms with Crippen molar-refractivity contribution in [3.63, 3.8) is 0 Å². The summed E-state index contributed by atoms with van der Waals surface area (Å²) in [7, 11) is 0. The molecule has 0 saturated heterocycles. The maximum absolute atomic E-state index is 12.3. The van der Waals surface area contributed by atoms with E-state index in [9.17, 15) is 14.4 Å². The lowest BCUT2D eigenvalue weighted by Gasteiger charge is -2.12. The van der Waals surface area contributed by atoms with E-state index < -0.39 is 5.63 Å². The largest absolute Gasteiger partial charge is 0.423 e. The van der Waals surface area contributed by atoms with Gasteiger partial charge >= 0.3 is 5.63 Å². The predicted octanol–water partition coefficient (Wildman–Crippen LogP) is 2.91. The zero-order valence-corrected chi connectivity index (χ0v) is 15.0. The van der Waals surface area contributed by atoms with Crippen LogP contribution in [0.5, 0.6) is 0 Å². The van der Waals surface area contributed by atoms with Crippen LogP contribution in [0.15, 0.2) is 50.4 Å². The summed E-state index contributed by atoms with van der Waals surface area (Å²) in [4.78, 5) is 35.7. The number of anilines is 1. The molecule has 1 N–H and O–H groups in total. The Bertz CT molecular complexity index is 1110. The lowest BCUT2D eigenvalue weighted by molar-refractivity contribution is -0.116. The molecule has 3 aromatic rings. The summed E-state index contributed by atoms with van der Waals surface area (Å²) >= 11 is 0. The van der Waals surface area contributed by atoms with E-state index >= 15 is 0 Å². The summed E-state index contributed by atoms with van der Waals surface area (Å²) in [5, 5.41) is 3.66. The SMILES string of the molecule is Cc1cc2oc(=O)cc(C)c2cc1NC(=O)CCn1c(C)cccc1=O. The van der Waals surface area contributed by atoms with Crippen LogP contribution < -0.4 is 16.5 Å². The van der Waals surface area contributed by atoms with Crippen molar-refractivity contribution in [2.45, 2.75) is 33.7 Å². The van der Waals surface area contributed by atoms with Gasteiger partial charge in [-0.2, -0.15) is 0 Å². The van der Waals surface area contributed by atoms with Gasteiger partial charge in [-0.3, -0.25) is 9.59 Å². The number of carbonyl (C=O) groups is 1. The van der Waals surface area contributed by atoms with E-state index in [1.165, 1.54) is 12.1 Å². The van der Waals surface area contributed by atoms with Gasteiger partial charge in [-0.25, -0.2) is 4.79 Å². The number of nitrogens with zero attached hydrogens (tertiary/aromatic N) is 1. The molecular formula is C20H20N2O4. The monoisotopic (exact) mass is 352 g/mol. The fourth-order valence-electron chi connectivity index (χ4n) is 2.94. The van der Waals surface area contributed by atoms with Crippen LogP contribution in [-0.4, -0.2) is 10.5 Å². The first-order chi connectivity index (χ1) is 12.3. The molecule has 0 fully saturated rings. The lowest BCUT2D eigenvalue weighted by Crippen LogP contribution is -2.24. The number of amides is 1. The fraction of sp³-hybridized carbons (Fsp3) is 0.250. The van der Waals surface area contributed by atoms with Gasteiger partial charge in [0.2, 0.25) is 5.91 Å². The Morgan fingerprint density at radius 1 is 1.08 bits per heavy atom. The van der Waals surface area contributed by atoms with E-state index in [2.05, 4.69) is 5.32 Å². The zero-order valence-electron chi connectivity index (χ0n) is 15.0. The number of rotatable bonds is 4. The van der Waals surface area contributed by atoms with Crippen molar-refractivity contribution in [3.05, 3.63) is 74.0 Å². The van der Waals surface area contributed by atoms with Gasteiger partial charge in [0.15, 0.2) is 0 Å². The van der Waals surface area contributed by atoms with E-state index in [1.54, 1.807) is 22.8 Å².